The molecule has 0 atom stereocenters. The smallest absolute Gasteiger partial charge is 0.212 e. The van der Waals surface area contributed by atoms with E-state index in [2.05, 4.69) is 15.4 Å². The summed E-state index contributed by atoms with van der Waals surface area (Å²) in [6, 6.07) is 2.25. The van der Waals surface area contributed by atoms with Crippen molar-refractivity contribution < 1.29 is 13.5 Å². The van der Waals surface area contributed by atoms with Gasteiger partial charge in [0.05, 0.1) is 7.05 Å². The van der Waals surface area contributed by atoms with E-state index < -0.39 is 17.4 Å². The monoisotopic (exact) mass is 255 g/mol. The van der Waals surface area contributed by atoms with Crippen molar-refractivity contribution in [2.45, 2.75) is 13.2 Å². The van der Waals surface area contributed by atoms with E-state index in [0.29, 0.717) is 5.56 Å². The van der Waals surface area contributed by atoms with Crippen molar-refractivity contribution in [3.05, 3.63) is 35.2 Å². The Morgan fingerprint density at radius 3 is 2.50 bits per heavy atom. The fourth-order valence-electron chi connectivity index (χ4n) is 1.39. The number of aryl methyl sites for hydroxylation is 1. The number of nitrogens with zero attached hydrogens (tertiary/aromatic N) is 4. The number of nitrogens with two attached hydrogens (primary N) is 1. The first-order valence-electron chi connectivity index (χ1n) is 5.14. The molecule has 0 saturated carbocycles. The minimum absolute atomic E-state index is 0.0554. The second-order valence-corrected chi connectivity index (χ2v) is 3.58. The molecule has 1 heterocycles. The van der Waals surface area contributed by atoms with E-state index in [1.165, 1.54) is 4.80 Å². The van der Waals surface area contributed by atoms with E-state index in [1.54, 1.807) is 7.05 Å². The number of hydrogen-bond acceptors (Lipinski definition) is 5. The maximum Gasteiger partial charge on any atom is 0.212 e. The average molecular weight is 255 g/mol. The van der Waals surface area contributed by atoms with Gasteiger partial charge >= 0.3 is 0 Å². The molecule has 0 amide bonds. The van der Waals surface area contributed by atoms with Crippen LogP contribution in [-0.4, -0.2) is 20.2 Å². The number of aromatic nitrogens is 4. The number of tetrazole rings is 1. The maximum atomic E-state index is 13.5. The van der Waals surface area contributed by atoms with Gasteiger partial charge in [0, 0.05) is 6.54 Å². The molecule has 2 N–H and O–H groups in total. The lowest BCUT2D eigenvalue weighted by molar-refractivity contribution is 0.265. The Morgan fingerprint density at radius 1 is 1.33 bits per heavy atom. The van der Waals surface area contributed by atoms with Crippen molar-refractivity contribution in [1.29, 1.82) is 0 Å². The van der Waals surface area contributed by atoms with Gasteiger partial charge in [0.25, 0.3) is 0 Å². The highest BCUT2D eigenvalue weighted by Crippen LogP contribution is 2.23. The van der Waals surface area contributed by atoms with Crippen LogP contribution in [0.2, 0.25) is 0 Å². The molecule has 1 aromatic carbocycles. The van der Waals surface area contributed by atoms with Gasteiger partial charge in [-0.1, -0.05) is 0 Å². The maximum absolute atomic E-state index is 13.5. The van der Waals surface area contributed by atoms with E-state index in [9.17, 15) is 8.78 Å². The van der Waals surface area contributed by atoms with Crippen molar-refractivity contribution in [2.24, 2.45) is 12.8 Å². The Balaban J connectivity index is 2.14. The Bertz CT molecular complexity index is 534. The van der Waals surface area contributed by atoms with Gasteiger partial charge in [-0.2, -0.15) is 4.80 Å². The quantitative estimate of drug-likeness (QED) is 0.862. The van der Waals surface area contributed by atoms with Gasteiger partial charge < -0.3 is 10.5 Å². The van der Waals surface area contributed by atoms with Crippen molar-refractivity contribution in [2.75, 3.05) is 0 Å². The highest BCUT2D eigenvalue weighted by molar-refractivity contribution is 5.31. The second kappa shape index (κ2) is 5.05. The highest BCUT2D eigenvalue weighted by atomic mass is 19.1. The molecule has 6 nitrogen and oxygen atoms in total. The van der Waals surface area contributed by atoms with Gasteiger partial charge in [0.2, 0.25) is 5.82 Å². The minimum atomic E-state index is -0.806. The van der Waals surface area contributed by atoms with Crippen LogP contribution in [0.5, 0.6) is 5.75 Å². The van der Waals surface area contributed by atoms with E-state index >= 15 is 0 Å². The molecule has 0 unspecified atom stereocenters. The third kappa shape index (κ3) is 2.59. The molecule has 2 aromatic rings. The third-order valence-corrected chi connectivity index (χ3v) is 2.19. The molecule has 2 rings (SSSR count). The molecule has 8 heteroatoms. The molecule has 18 heavy (non-hydrogen) atoms. The van der Waals surface area contributed by atoms with Crippen molar-refractivity contribution >= 4 is 0 Å². The molecule has 0 bridgehead atoms. The number of rotatable bonds is 4. The molecular formula is C10H11F2N5O. The third-order valence-electron chi connectivity index (χ3n) is 2.19. The minimum Gasteiger partial charge on any atom is -0.479 e. The predicted molar refractivity (Wildman–Crippen MR) is 57.4 cm³/mol. The summed E-state index contributed by atoms with van der Waals surface area (Å²) in [6.45, 7) is -0.108. The zero-order valence-electron chi connectivity index (χ0n) is 9.60. The fraction of sp³-hybridized carbons (Fsp3) is 0.300. The molecule has 0 aliphatic rings. The number of halogens is 2. The van der Waals surface area contributed by atoms with Crippen LogP contribution in [0, 0.1) is 11.6 Å². The lowest BCUT2D eigenvalue weighted by Gasteiger charge is -2.07. The van der Waals surface area contributed by atoms with Crippen LogP contribution >= 0.6 is 0 Å². The number of hydrogen-bond donors (Lipinski definition) is 1. The lowest BCUT2D eigenvalue weighted by atomic mass is 10.2. The molecule has 0 saturated heterocycles. The topological polar surface area (TPSA) is 78.8 Å². The van der Waals surface area contributed by atoms with Crippen molar-refractivity contribution in [3.8, 4) is 5.75 Å². The van der Waals surface area contributed by atoms with Crippen LogP contribution in [0.3, 0.4) is 0 Å². The molecule has 1 aromatic heterocycles. The Labute approximate surface area is 101 Å². The molecule has 0 aliphatic carbocycles. The Kier molecular flexibility index (Phi) is 3.47. The zero-order valence-corrected chi connectivity index (χ0v) is 9.60. The molecule has 0 aliphatic heterocycles. The summed E-state index contributed by atoms with van der Waals surface area (Å²) in [7, 11) is 1.58. The molecule has 0 fully saturated rings. The molecular weight excluding hydrogens is 244 g/mol. The lowest BCUT2D eigenvalue weighted by Crippen LogP contribution is -2.04. The first-order valence-corrected chi connectivity index (χ1v) is 5.14. The first-order chi connectivity index (χ1) is 8.60. The van der Waals surface area contributed by atoms with Crippen LogP contribution in [0.1, 0.15) is 11.4 Å². The zero-order chi connectivity index (χ0) is 13.1. The predicted octanol–water partition coefficient (Wildman–Crippen LogP) is 0.526. The highest BCUT2D eigenvalue weighted by Gasteiger charge is 2.13. The molecule has 96 valence electrons. The van der Waals surface area contributed by atoms with Crippen LogP contribution in [0.15, 0.2) is 12.1 Å². The van der Waals surface area contributed by atoms with E-state index in [-0.39, 0.29) is 19.0 Å². The average Bonchev–Trinajstić information content (AvgIpc) is 2.73. The fourth-order valence-corrected chi connectivity index (χ4v) is 1.39. The van der Waals surface area contributed by atoms with Crippen LogP contribution < -0.4 is 10.5 Å². The van der Waals surface area contributed by atoms with E-state index in [4.69, 9.17) is 10.5 Å². The van der Waals surface area contributed by atoms with Gasteiger partial charge in [-0.3, -0.25) is 0 Å². The summed E-state index contributed by atoms with van der Waals surface area (Å²) >= 11 is 0. The normalized spacial score (nSPS) is 10.7. The molecule has 0 radical (unpaired) electrons. The van der Waals surface area contributed by atoms with Gasteiger partial charge in [0.15, 0.2) is 24.0 Å². The summed E-state index contributed by atoms with van der Waals surface area (Å²) in [5.74, 6) is -1.85. The Morgan fingerprint density at radius 2 is 2.00 bits per heavy atom. The standard InChI is InChI=1S/C10H11F2N5O/c1-17-15-9(14-16-17)5-18-10-7(11)2-6(4-13)3-8(10)12/h2-3H,4-5,13H2,1H3. The summed E-state index contributed by atoms with van der Waals surface area (Å²) in [6.07, 6.45) is 0. The van der Waals surface area contributed by atoms with Gasteiger partial charge in [-0.05, 0) is 22.9 Å². The summed E-state index contributed by atoms with van der Waals surface area (Å²) < 4.78 is 32.0. The van der Waals surface area contributed by atoms with Gasteiger partial charge in [-0.15, -0.1) is 10.2 Å². The summed E-state index contributed by atoms with van der Waals surface area (Å²) in [4.78, 5) is 1.23. The van der Waals surface area contributed by atoms with Gasteiger partial charge in [-0.25, -0.2) is 8.78 Å². The first kappa shape index (κ1) is 12.4. The van der Waals surface area contributed by atoms with Crippen LogP contribution in [-0.2, 0) is 20.2 Å². The second-order valence-electron chi connectivity index (χ2n) is 3.58. The van der Waals surface area contributed by atoms with E-state index in [1.807, 2.05) is 0 Å². The number of benzene rings is 1. The van der Waals surface area contributed by atoms with Gasteiger partial charge in [0.1, 0.15) is 0 Å². The van der Waals surface area contributed by atoms with Crippen LogP contribution in [0.4, 0.5) is 8.78 Å². The van der Waals surface area contributed by atoms with E-state index in [0.717, 1.165) is 12.1 Å². The van der Waals surface area contributed by atoms with Crippen molar-refractivity contribution in [1.82, 2.24) is 20.2 Å². The van der Waals surface area contributed by atoms with Crippen molar-refractivity contribution in [3.63, 3.8) is 0 Å². The van der Waals surface area contributed by atoms with Crippen LogP contribution in [0.25, 0.3) is 0 Å². The SMILES string of the molecule is Cn1nnc(COc2c(F)cc(CN)cc2F)n1. The summed E-state index contributed by atoms with van der Waals surface area (Å²) in [5, 5.41) is 11.0. The largest absolute Gasteiger partial charge is 0.479 e. The number of ether oxygens (including phenoxy) is 1. The summed E-state index contributed by atoms with van der Waals surface area (Å²) in [5.41, 5.74) is 5.66. The molecule has 0 spiro atoms. The Hall–Kier alpha value is -2.09.